The van der Waals surface area contributed by atoms with Gasteiger partial charge in [0.25, 0.3) is 0 Å². The summed E-state index contributed by atoms with van der Waals surface area (Å²) in [5.74, 6) is 0.924. The van der Waals surface area contributed by atoms with E-state index in [4.69, 9.17) is 0 Å². The monoisotopic (exact) mass is 264 g/mol. The molecule has 0 spiro atoms. The maximum absolute atomic E-state index is 3.47. The molecule has 2 aliphatic rings. The summed E-state index contributed by atoms with van der Waals surface area (Å²) in [6.07, 6.45) is 5.59. The van der Waals surface area contributed by atoms with Gasteiger partial charge in [0.15, 0.2) is 0 Å². The predicted octanol–water partition coefficient (Wildman–Crippen LogP) is 3.02. The third-order valence-electron chi connectivity index (χ3n) is 4.17. The molecule has 0 amide bonds. The number of hydrogen-bond donors (Lipinski definition) is 1. The topological polar surface area (TPSA) is 15.3 Å². The van der Waals surface area contributed by atoms with Crippen molar-refractivity contribution in [3.8, 4) is 0 Å². The van der Waals surface area contributed by atoms with Crippen molar-refractivity contribution < 1.29 is 0 Å². The highest BCUT2D eigenvalue weighted by atomic mass is 32.1. The second-order valence-electron chi connectivity index (χ2n) is 5.87. The molecular formula is C15H24N2S. The van der Waals surface area contributed by atoms with Crippen LogP contribution in [0.25, 0.3) is 0 Å². The Morgan fingerprint density at radius 1 is 1.22 bits per heavy atom. The van der Waals surface area contributed by atoms with Gasteiger partial charge in [0.1, 0.15) is 0 Å². The van der Waals surface area contributed by atoms with Crippen LogP contribution in [0.2, 0.25) is 0 Å². The minimum atomic E-state index is 0.891. The van der Waals surface area contributed by atoms with Gasteiger partial charge in [0.2, 0.25) is 0 Å². The first-order chi connectivity index (χ1) is 8.81. The minimum Gasteiger partial charge on any atom is -0.317 e. The van der Waals surface area contributed by atoms with Crippen LogP contribution < -0.4 is 5.32 Å². The van der Waals surface area contributed by atoms with Gasteiger partial charge in [0, 0.05) is 28.9 Å². The molecule has 0 aromatic carbocycles. The molecule has 2 fully saturated rings. The molecule has 1 saturated carbocycles. The van der Waals surface area contributed by atoms with Crippen molar-refractivity contribution in [2.45, 2.75) is 45.2 Å². The molecule has 0 radical (unpaired) electrons. The van der Waals surface area contributed by atoms with Crippen LogP contribution in [0, 0.1) is 12.8 Å². The van der Waals surface area contributed by atoms with Gasteiger partial charge in [-0.25, -0.2) is 0 Å². The van der Waals surface area contributed by atoms with Gasteiger partial charge in [-0.1, -0.05) is 0 Å². The molecule has 0 atom stereocenters. The Hall–Kier alpha value is -0.380. The zero-order valence-electron chi connectivity index (χ0n) is 11.3. The summed E-state index contributed by atoms with van der Waals surface area (Å²) < 4.78 is 0. The summed E-state index contributed by atoms with van der Waals surface area (Å²) in [6.45, 7) is 7.17. The van der Waals surface area contributed by atoms with E-state index in [9.17, 15) is 0 Å². The highest BCUT2D eigenvalue weighted by Gasteiger charge is 2.31. The summed E-state index contributed by atoms with van der Waals surface area (Å²) in [6, 6.07) is 5.47. The Balaban J connectivity index is 1.57. The van der Waals surface area contributed by atoms with E-state index in [1.54, 1.807) is 4.88 Å². The number of hydrogen-bond acceptors (Lipinski definition) is 3. The first kappa shape index (κ1) is 12.6. The van der Waals surface area contributed by atoms with Gasteiger partial charge in [0.05, 0.1) is 0 Å². The predicted molar refractivity (Wildman–Crippen MR) is 78.1 cm³/mol. The number of aryl methyl sites for hydroxylation is 1. The third kappa shape index (κ3) is 3.34. The standard InChI is InChI=1S/C15H24N2S/c1-12-2-5-15(18-12)11-17(14-3-4-14)10-13-6-8-16-9-7-13/h2,5,13-14,16H,3-4,6-11H2,1H3. The highest BCUT2D eigenvalue weighted by molar-refractivity contribution is 7.11. The fourth-order valence-corrected chi connectivity index (χ4v) is 3.86. The van der Waals surface area contributed by atoms with E-state index in [0.717, 1.165) is 12.0 Å². The van der Waals surface area contributed by atoms with Gasteiger partial charge in [-0.15, -0.1) is 11.3 Å². The van der Waals surface area contributed by atoms with Crippen LogP contribution in [0.1, 0.15) is 35.4 Å². The highest BCUT2D eigenvalue weighted by Crippen LogP contribution is 2.31. The first-order valence-corrected chi connectivity index (χ1v) is 8.13. The van der Waals surface area contributed by atoms with E-state index in [2.05, 4.69) is 29.3 Å². The summed E-state index contributed by atoms with van der Waals surface area (Å²) in [7, 11) is 0. The molecule has 3 heteroatoms. The SMILES string of the molecule is Cc1ccc(CN(CC2CCNCC2)C2CC2)s1. The normalized spacial score (nSPS) is 21.7. The molecule has 0 unspecified atom stereocenters. The molecular weight excluding hydrogens is 240 g/mol. The number of rotatable bonds is 5. The van der Waals surface area contributed by atoms with Crippen molar-refractivity contribution in [1.82, 2.24) is 10.2 Å². The van der Waals surface area contributed by atoms with E-state index in [-0.39, 0.29) is 0 Å². The van der Waals surface area contributed by atoms with Gasteiger partial charge >= 0.3 is 0 Å². The molecule has 1 N–H and O–H groups in total. The molecule has 100 valence electrons. The fraction of sp³-hybridized carbons (Fsp3) is 0.733. The molecule has 1 aliphatic carbocycles. The van der Waals surface area contributed by atoms with Crippen molar-refractivity contribution in [2.24, 2.45) is 5.92 Å². The Morgan fingerprint density at radius 2 is 2.00 bits per heavy atom. The maximum Gasteiger partial charge on any atom is 0.0331 e. The van der Waals surface area contributed by atoms with E-state index in [0.29, 0.717) is 0 Å². The molecule has 1 saturated heterocycles. The quantitative estimate of drug-likeness (QED) is 0.879. The summed E-state index contributed by atoms with van der Waals surface area (Å²) in [5, 5.41) is 3.47. The Bertz CT molecular complexity index is 378. The van der Waals surface area contributed by atoms with Crippen molar-refractivity contribution in [2.75, 3.05) is 19.6 Å². The number of piperidine rings is 1. The largest absolute Gasteiger partial charge is 0.317 e. The molecule has 1 aromatic heterocycles. The Labute approximate surface area is 114 Å². The lowest BCUT2D eigenvalue weighted by atomic mass is 9.97. The van der Waals surface area contributed by atoms with Crippen molar-refractivity contribution in [3.05, 3.63) is 21.9 Å². The fourth-order valence-electron chi connectivity index (χ4n) is 2.95. The third-order valence-corrected chi connectivity index (χ3v) is 5.16. The second kappa shape index (κ2) is 5.72. The van der Waals surface area contributed by atoms with Crippen LogP contribution >= 0.6 is 11.3 Å². The van der Waals surface area contributed by atoms with Crippen LogP contribution in [0.3, 0.4) is 0 Å². The molecule has 3 rings (SSSR count). The van der Waals surface area contributed by atoms with Crippen molar-refractivity contribution in [3.63, 3.8) is 0 Å². The first-order valence-electron chi connectivity index (χ1n) is 7.31. The number of nitrogens with zero attached hydrogens (tertiary/aromatic N) is 1. The van der Waals surface area contributed by atoms with Gasteiger partial charge < -0.3 is 5.32 Å². The van der Waals surface area contributed by atoms with E-state index < -0.39 is 0 Å². The zero-order valence-corrected chi connectivity index (χ0v) is 12.1. The zero-order chi connectivity index (χ0) is 12.4. The summed E-state index contributed by atoms with van der Waals surface area (Å²) in [4.78, 5) is 5.75. The van der Waals surface area contributed by atoms with E-state index >= 15 is 0 Å². The Morgan fingerprint density at radius 3 is 2.61 bits per heavy atom. The average molecular weight is 264 g/mol. The Kier molecular flexibility index (Phi) is 4.02. The number of thiophene rings is 1. The summed E-state index contributed by atoms with van der Waals surface area (Å²) in [5.41, 5.74) is 0. The second-order valence-corrected chi connectivity index (χ2v) is 7.24. The van der Waals surface area contributed by atoms with E-state index in [1.807, 2.05) is 11.3 Å². The smallest absolute Gasteiger partial charge is 0.0331 e. The van der Waals surface area contributed by atoms with Crippen LogP contribution in [-0.2, 0) is 6.54 Å². The van der Waals surface area contributed by atoms with Crippen LogP contribution in [0.4, 0.5) is 0 Å². The molecule has 0 bridgehead atoms. The molecule has 1 aromatic rings. The van der Waals surface area contributed by atoms with Gasteiger partial charge in [-0.3, -0.25) is 4.90 Å². The van der Waals surface area contributed by atoms with Gasteiger partial charge in [-0.2, -0.15) is 0 Å². The van der Waals surface area contributed by atoms with Crippen molar-refractivity contribution >= 4 is 11.3 Å². The van der Waals surface area contributed by atoms with E-state index in [1.165, 1.54) is 56.7 Å². The molecule has 2 heterocycles. The lowest BCUT2D eigenvalue weighted by molar-refractivity contribution is 0.191. The van der Waals surface area contributed by atoms with Crippen LogP contribution in [-0.4, -0.2) is 30.6 Å². The lowest BCUT2D eigenvalue weighted by Gasteiger charge is -2.29. The van der Waals surface area contributed by atoms with Crippen molar-refractivity contribution in [1.29, 1.82) is 0 Å². The molecule has 1 aliphatic heterocycles. The van der Waals surface area contributed by atoms with Gasteiger partial charge in [-0.05, 0) is 63.7 Å². The summed E-state index contributed by atoms with van der Waals surface area (Å²) >= 11 is 1.97. The van der Waals surface area contributed by atoms with Crippen LogP contribution in [0.15, 0.2) is 12.1 Å². The molecule has 18 heavy (non-hydrogen) atoms. The lowest BCUT2D eigenvalue weighted by Crippen LogP contribution is -2.36. The average Bonchev–Trinajstić information content (AvgIpc) is 3.15. The molecule has 2 nitrogen and oxygen atoms in total. The minimum absolute atomic E-state index is 0.891. The maximum atomic E-state index is 3.47. The number of nitrogens with one attached hydrogen (secondary N) is 1. The van der Waals surface area contributed by atoms with Crippen LogP contribution in [0.5, 0.6) is 0 Å².